The first-order chi connectivity index (χ1) is 9.24. The summed E-state index contributed by atoms with van der Waals surface area (Å²) >= 11 is 5.25. The third kappa shape index (κ3) is 2.93. The molecule has 1 saturated carbocycles. The quantitative estimate of drug-likeness (QED) is 0.912. The second-order valence-corrected chi connectivity index (χ2v) is 6.97. The predicted octanol–water partition coefficient (Wildman–Crippen LogP) is 4.06. The van der Waals surface area contributed by atoms with Gasteiger partial charge in [-0.1, -0.05) is 12.8 Å². The molecule has 0 spiro atoms. The van der Waals surface area contributed by atoms with Crippen LogP contribution in [0.1, 0.15) is 48.3 Å². The van der Waals surface area contributed by atoms with Crippen LogP contribution >= 0.6 is 27.3 Å². The van der Waals surface area contributed by atoms with E-state index in [1.54, 1.807) is 11.3 Å². The Bertz CT molecular complexity index is 542. The lowest BCUT2D eigenvalue weighted by Gasteiger charge is -2.10. The predicted molar refractivity (Wildman–Crippen MR) is 82.4 cm³/mol. The van der Waals surface area contributed by atoms with Crippen molar-refractivity contribution in [1.29, 1.82) is 0 Å². The summed E-state index contributed by atoms with van der Waals surface area (Å²) in [5, 5.41) is 6.76. The fourth-order valence-electron chi connectivity index (χ4n) is 2.75. The normalized spacial score (nSPS) is 18.0. The van der Waals surface area contributed by atoms with Gasteiger partial charge < -0.3 is 5.73 Å². The summed E-state index contributed by atoms with van der Waals surface area (Å²) in [6.07, 6.45) is 8.12. The summed E-state index contributed by atoms with van der Waals surface area (Å²) < 4.78 is 3.25. The van der Waals surface area contributed by atoms with Crippen LogP contribution in [0, 0.1) is 0 Å². The Morgan fingerprint density at radius 1 is 1.42 bits per heavy atom. The topological polar surface area (TPSA) is 43.8 Å². The molecule has 1 aliphatic carbocycles. The number of hydrogen-bond acceptors (Lipinski definition) is 3. The van der Waals surface area contributed by atoms with E-state index in [-0.39, 0.29) is 6.04 Å². The van der Waals surface area contributed by atoms with E-state index in [0.29, 0.717) is 6.04 Å². The monoisotopic (exact) mass is 339 g/mol. The maximum absolute atomic E-state index is 6.27. The molecule has 3 rings (SSSR count). The minimum absolute atomic E-state index is 0.0290. The Hall–Kier alpha value is -0.650. The summed E-state index contributed by atoms with van der Waals surface area (Å²) in [5.74, 6) is 0. The fraction of sp³-hybridized carbons (Fsp3) is 0.500. The standard InChI is InChI=1S/C14H18BrN3S/c15-12-6-8-19-14(12)13(16)9-10-5-7-18(17-10)11-3-1-2-4-11/h5-8,11,13H,1-4,9,16H2. The highest BCUT2D eigenvalue weighted by Gasteiger charge is 2.19. The molecule has 5 heteroatoms. The third-order valence-electron chi connectivity index (χ3n) is 3.77. The molecular formula is C14H18BrN3S. The second-order valence-electron chi connectivity index (χ2n) is 5.17. The molecule has 0 aromatic carbocycles. The van der Waals surface area contributed by atoms with Gasteiger partial charge in [-0.25, -0.2) is 0 Å². The highest BCUT2D eigenvalue weighted by atomic mass is 79.9. The SMILES string of the molecule is NC(Cc1ccn(C2CCCC2)n1)c1sccc1Br. The molecule has 0 saturated heterocycles. The van der Waals surface area contributed by atoms with Gasteiger partial charge in [0.05, 0.1) is 11.7 Å². The molecule has 19 heavy (non-hydrogen) atoms. The van der Waals surface area contributed by atoms with E-state index in [1.165, 1.54) is 30.6 Å². The van der Waals surface area contributed by atoms with Crippen molar-refractivity contribution in [2.24, 2.45) is 5.73 Å². The summed E-state index contributed by atoms with van der Waals surface area (Å²) in [4.78, 5) is 1.20. The molecule has 1 fully saturated rings. The lowest BCUT2D eigenvalue weighted by molar-refractivity contribution is 0.461. The largest absolute Gasteiger partial charge is 0.323 e. The smallest absolute Gasteiger partial charge is 0.0643 e. The van der Waals surface area contributed by atoms with E-state index >= 15 is 0 Å². The summed E-state index contributed by atoms with van der Waals surface area (Å²) in [7, 11) is 0. The molecule has 0 aliphatic heterocycles. The van der Waals surface area contributed by atoms with Crippen LogP contribution in [0.2, 0.25) is 0 Å². The maximum atomic E-state index is 6.27. The van der Waals surface area contributed by atoms with Crippen molar-refractivity contribution in [2.45, 2.75) is 44.2 Å². The highest BCUT2D eigenvalue weighted by Crippen LogP contribution is 2.31. The van der Waals surface area contributed by atoms with Crippen LogP contribution in [-0.4, -0.2) is 9.78 Å². The van der Waals surface area contributed by atoms with Gasteiger partial charge in [-0.05, 0) is 46.3 Å². The van der Waals surface area contributed by atoms with Crippen LogP contribution in [-0.2, 0) is 6.42 Å². The molecule has 102 valence electrons. The van der Waals surface area contributed by atoms with E-state index in [2.05, 4.69) is 44.3 Å². The zero-order chi connectivity index (χ0) is 13.2. The van der Waals surface area contributed by atoms with E-state index in [0.717, 1.165) is 16.6 Å². The van der Waals surface area contributed by atoms with Crippen molar-refractivity contribution in [3.8, 4) is 0 Å². The number of halogens is 1. The first-order valence-electron chi connectivity index (χ1n) is 6.76. The number of nitrogens with two attached hydrogens (primary N) is 1. The molecular weight excluding hydrogens is 322 g/mol. The summed E-state index contributed by atoms with van der Waals surface area (Å²) in [6.45, 7) is 0. The molecule has 1 aliphatic rings. The van der Waals surface area contributed by atoms with Crippen LogP contribution in [0.25, 0.3) is 0 Å². The maximum Gasteiger partial charge on any atom is 0.0643 e. The first kappa shape index (κ1) is 13.3. The number of thiophene rings is 1. The molecule has 2 heterocycles. The van der Waals surface area contributed by atoms with Gasteiger partial charge in [0.1, 0.15) is 0 Å². The molecule has 3 nitrogen and oxygen atoms in total. The molecule has 0 bridgehead atoms. The molecule has 1 atom stereocenters. The summed E-state index contributed by atoms with van der Waals surface area (Å²) in [6, 6.07) is 4.80. The van der Waals surface area contributed by atoms with Crippen LogP contribution < -0.4 is 5.73 Å². The Morgan fingerprint density at radius 3 is 2.89 bits per heavy atom. The molecule has 0 radical (unpaired) electrons. The fourth-order valence-corrected chi connectivity index (χ4v) is 4.42. The van der Waals surface area contributed by atoms with Crippen molar-refractivity contribution in [3.05, 3.63) is 38.8 Å². The van der Waals surface area contributed by atoms with Gasteiger partial charge in [-0.2, -0.15) is 5.10 Å². The van der Waals surface area contributed by atoms with Crippen LogP contribution in [0.15, 0.2) is 28.2 Å². The zero-order valence-electron chi connectivity index (χ0n) is 10.8. The van der Waals surface area contributed by atoms with Gasteiger partial charge >= 0.3 is 0 Å². The van der Waals surface area contributed by atoms with Gasteiger partial charge in [0.25, 0.3) is 0 Å². The zero-order valence-corrected chi connectivity index (χ0v) is 13.2. The van der Waals surface area contributed by atoms with Crippen molar-refractivity contribution in [3.63, 3.8) is 0 Å². The van der Waals surface area contributed by atoms with Gasteiger partial charge in [0.15, 0.2) is 0 Å². The van der Waals surface area contributed by atoms with Gasteiger partial charge in [-0.3, -0.25) is 4.68 Å². The van der Waals surface area contributed by atoms with Crippen molar-refractivity contribution in [2.75, 3.05) is 0 Å². The van der Waals surface area contributed by atoms with Gasteiger partial charge in [0, 0.05) is 28.0 Å². The Kier molecular flexibility index (Phi) is 4.05. The second kappa shape index (κ2) is 5.77. The minimum Gasteiger partial charge on any atom is -0.323 e. The van der Waals surface area contributed by atoms with Crippen LogP contribution in [0.3, 0.4) is 0 Å². The number of aromatic nitrogens is 2. The highest BCUT2D eigenvalue weighted by molar-refractivity contribution is 9.10. The molecule has 1 unspecified atom stereocenters. The number of rotatable bonds is 4. The number of hydrogen-bond donors (Lipinski definition) is 1. The molecule has 2 N–H and O–H groups in total. The van der Waals surface area contributed by atoms with Crippen molar-refractivity contribution >= 4 is 27.3 Å². The van der Waals surface area contributed by atoms with Gasteiger partial charge in [-0.15, -0.1) is 11.3 Å². The minimum atomic E-state index is 0.0290. The van der Waals surface area contributed by atoms with Crippen LogP contribution in [0.4, 0.5) is 0 Å². The first-order valence-corrected chi connectivity index (χ1v) is 8.44. The van der Waals surface area contributed by atoms with Crippen LogP contribution in [0.5, 0.6) is 0 Å². The molecule has 0 amide bonds. The molecule has 2 aromatic heterocycles. The summed E-state index contributed by atoms with van der Waals surface area (Å²) in [5.41, 5.74) is 7.36. The number of nitrogens with zero attached hydrogens (tertiary/aromatic N) is 2. The average molecular weight is 340 g/mol. The Morgan fingerprint density at radius 2 is 2.21 bits per heavy atom. The molecule has 2 aromatic rings. The Labute approximate surface area is 125 Å². The van der Waals surface area contributed by atoms with Gasteiger partial charge in [0.2, 0.25) is 0 Å². The lowest BCUT2D eigenvalue weighted by Crippen LogP contribution is -2.13. The van der Waals surface area contributed by atoms with Crippen molar-refractivity contribution < 1.29 is 0 Å². The van der Waals surface area contributed by atoms with E-state index in [1.807, 2.05) is 0 Å². The van der Waals surface area contributed by atoms with E-state index in [9.17, 15) is 0 Å². The lowest BCUT2D eigenvalue weighted by atomic mass is 10.1. The van der Waals surface area contributed by atoms with E-state index < -0.39 is 0 Å². The van der Waals surface area contributed by atoms with Crippen molar-refractivity contribution in [1.82, 2.24) is 9.78 Å². The van der Waals surface area contributed by atoms with E-state index in [4.69, 9.17) is 10.8 Å². The average Bonchev–Trinajstić information content (AvgIpc) is 3.07. The Balaban J connectivity index is 1.68. The third-order valence-corrected chi connectivity index (χ3v) is 5.78.